The number of aryl methyl sites for hydroxylation is 1. The highest BCUT2D eigenvalue weighted by atomic mass is 35.5. The highest BCUT2D eigenvalue weighted by Gasteiger charge is 2.24. The zero-order chi connectivity index (χ0) is 20.5. The molecule has 7 nitrogen and oxygen atoms in total. The lowest BCUT2D eigenvalue weighted by Gasteiger charge is -2.05. The number of thiophene rings is 1. The van der Waals surface area contributed by atoms with E-state index in [0.29, 0.717) is 31.9 Å². The van der Waals surface area contributed by atoms with E-state index in [9.17, 15) is 13.2 Å². The first-order chi connectivity index (χ1) is 13.3. The lowest BCUT2D eigenvalue weighted by atomic mass is 10.1. The molecule has 0 aliphatic heterocycles. The molecule has 0 atom stereocenters. The number of halogens is 1. The molecule has 0 fully saturated rings. The van der Waals surface area contributed by atoms with Gasteiger partial charge in [-0.15, -0.1) is 11.3 Å². The number of hydrogen-bond donors (Lipinski definition) is 3. The fourth-order valence-electron chi connectivity index (χ4n) is 2.79. The van der Waals surface area contributed by atoms with Crippen LogP contribution in [0.4, 0.5) is 0 Å². The van der Waals surface area contributed by atoms with E-state index in [2.05, 4.69) is 0 Å². The second-order valence-corrected chi connectivity index (χ2v) is 9.46. The van der Waals surface area contributed by atoms with Gasteiger partial charge in [0, 0.05) is 45.9 Å². The number of nitrogens with one attached hydrogen (secondary N) is 1. The van der Waals surface area contributed by atoms with Gasteiger partial charge in [-0.3, -0.25) is 4.79 Å². The largest absolute Gasteiger partial charge is 0.481 e. The van der Waals surface area contributed by atoms with Crippen LogP contribution in [0.1, 0.15) is 16.9 Å². The summed E-state index contributed by atoms with van der Waals surface area (Å²) >= 11 is 7.05. The van der Waals surface area contributed by atoms with Crippen LogP contribution in [-0.2, 0) is 21.2 Å². The van der Waals surface area contributed by atoms with Gasteiger partial charge in [-0.2, -0.15) is 8.42 Å². The zero-order valence-electron chi connectivity index (χ0n) is 14.4. The number of fused-ring (bicyclic) bond motifs is 1. The maximum Gasteiger partial charge on any atom is 0.303 e. The van der Waals surface area contributed by atoms with E-state index in [1.807, 2.05) is 0 Å². The molecule has 0 bridgehead atoms. The number of nitrogens with two attached hydrogens (primary N) is 1. The monoisotopic (exact) mass is 437 g/mol. The van der Waals surface area contributed by atoms with E-state index in [-0.39, 0.29) is 17.1 Å². The third-order valence-electron chi connectivity index (χ3n) is 4.14. The number of carboxylic acid groups (broad SMARTS) is 1. The Balaban J connectivity index is 2.14. The second-order valence-electron chi connectivity index (χ2n) is 5.90. The van der Waals surface area contributed by atoms with Crippen molar-refractivity contribution < 1.29 is 18.3 Å². The van der Waals surface area contributed by atoms with E-state index in [0.717, 1.165) is 21.5 Å². The highest BCUT2D eigenvalue weighted by molar-refractivity contribution is 7.92. The number of hydrogen-bond acceptors (Lipinski definition) is 6. The molecule has 0 spiro atoms. The molecule has 0 unspecified atom stereocenters. The Bertz CT molecular complexity index is 1210. The highest BCUT2D eigenvalue weighted by Crippen LogP contribution is 2.32. The Morgan fingerprint density at radius 3 is 2.71 bits per heavy atom. The average Bonchev–Trinajstić information content (AvgIpc) is 3.27. The summed E-state index contributed by atoms with van der Waals surface area (Å²) < 4.78 is 27.7. The van der Waals surface area contributed by atoms with Crippen LogP contribution in [0, 0.1) is 5.41 Å². The van der Waals surface area contributed by atoms with Gasteiger partial charge in [0.05, 0.1) is 5.52 Å². The first kappa shape index (κ1) is 20.1. The summed E-state index contributed by atoms with van der Waals surface area (Å²) in [5, 5.41) is 17.3. The third kappa shape index (κ3) is 3.68. The number of aromatic nitrogens is 1. The Labute approximate surface area is 170 Å². The van der Waals surface area contributed by atoms with Crippen LogP contribution in [-0.4, -0.2) is 29.7 Å². The van der Waals surface area contributed by atoms with Gasteiger partial charge >= 0.3 is 5.97 Å². The Hall–Kier alpha value is -2.62. The van der Waals surface area contributed by atoms with Crippen LogP contribution >= 0.6 is 22.9 Å². The van der Waals surface area contributed by atoms with E-state index in [1.54, 1.807) is 24.3 Å². The fraction of sp³-hybridized carbons (Fsp3) is 0.111. The van der Waals surface area contributed by atoms with Gasteiger partial charge in [0.15, 0.2) is 0 Å². The van der Waals surface area contributed by atoms with Crippen molar-refractivity contribution in [1.82, 2.24) is 3.97 Å². The van der Waals surface area contributed by atoms with Gasteiger partial charge in [0.2, 0.25) is 0 Å². The van der Waals surface area contributed by atoms with Gasteiger partial charge in [-0.25, -0.2) is 3.97 Å². The SMILES string of the molecule is N=C/C(=C\N)c1ccc(S(=O)(=O)n2cc(CCC(=O)O)c3cc(Cl)ccc32)s1. The summed E-state index contributed by atoms with van der Waals surface area (Å²) in [6.07, 6.45) is 3.79. The van der Waals surface area contributed by atoms with Crippen molar-refractivity contribution in [2.75, 3.05) is 0 Å². The van der Waals surface area contributed by atoms with E-state index < -0.39 is 16.0 Å². The van der Waals surface area contributed by atoms with Crippen molar-refractivity contribution in [1.29, 1.82) is 5.41 Å². The van der Waals surface area contributed by atoms with Crippen LogP contribution in [0.25, 0.3) is 16.5 Å². The summed E-state index contributed by atoms with van der Waals surface area (Å²) in [5.74, 6) is -0.971. The summed E-state index contributed by atoms with van der Waals surface area (Å²) in [7, 11) is -3.92. The maximum atomic E-state index is 13.2. The molecule has 2 aromatic heterocycles. The van der Waals surface area contributed by atoms with Crippen molar-refractivity contribution in [2.45, 2.75) is 17.1 Å². The van der Waals surface area contributed by atoms with Gasteiger partial charge in [0.25, 0.3) is 10.0 Å². The number of aliphatic carboxylic acids is 1. The average molecular weight is 438 g/mol. The molecule has 0 amide bonds. The predicted octanol–water partition coefficient (Wildman–Crippen LogP) is 3.56. The molecule has 28 heavy (non-hydrogen) atoms. The maximum absolute atomic E-state index is 13.2. The first-order valence-corrected chi connectivity index (χ1v) is 10.7. The zero-order valence-corrected chi connectivity index (χ0v) is 16.8. The summed E-state index contributed by atoms with van der Waals surface area (Å²) in [6.45, 7) is 0. The number of benzene rings is 1. The predicted molar refractivity (Wildman–Crippen MR) is 111 cm³/mol. The minimum Gasteiger partial charge on any atom is -0.481 e. The lowest BCUT2D eigenvalue weighted by molar-refractivity contribution is -0.136. The first-order valence-electron chi connectivity index (χ1n) is 8.07. The Morgan fingerprint density at radius 1 is 1.32 bits per heavy atom. The van der Waals surface area contributed by atoms with Crippen molar-refractivity contribution in [3.05, 3.63) is 58.2 Å². The lowest BCUT2D eigenvalue weighted by Crippen LogP contribution is -2.10. The number of carboxylic acids is 1. The van der Waals surface area contributed by atoms with E-state index in [1.165, 1.54) is 18.5 Å². The van der Waals surface area contributed by atoms with Gasteiger partial charge in [0.1, 0.15) is 4.21 Å². The third-order valence-corrected chi connectivity index (χ3v) is 7.65. The van der Waals surface area contributed by atoms with Crippen molar-refractivity contribution >= 4 is 61.6 Å². The smallest absolute Gasteiger partial charge is 0.303 e. The summed E-state index contributed by atoms with van der Waals surface area (Å²) in [4.78, 5) is 11.5. The van der Waals surface area contributed by atoms with Gasteiger partial charge in [-0.1, -0.05) is 11.6 Å². The van der Waals surface area contributed by atoms with Crippen LogP contribution < -0.4 is 5.73 Å². The molecule has 0 saturated carbocycles. The van der Waals surface area contributed by atoms with Crippen LogP contribution in [0.5, 0.6) is 0 Å². The standard InChI is InChI=1S/C18H16ClN3O4S2/c19-13-2-3-15-14(7-13)11(1-5-17(23)24)10-22(15)28(25,26)18-6-4-16(27-18)12(8-20)9-21/h2-4,6-10,20H,1,5,21H2,(H,23,24)/b12-9+,20-8?. The minimum atomic E-state index is -3.92. The molecule has 3 aromatic rings. The van der Waals surface area contributed by atoms with Crippen molar-refractivity contribution in [3.8, 4) is 0 Å². The molecule has 10 heteroatoms. The summed E-state index contributed by atoms with van der Waals surface area (Å²) in [6, 6.07) is 7.86. The molecule has 146 valence electrons. The Morgan fingerprint density at radius 2 is 2.07 bits per heavy atom. The Kier molecular flexibility index (Phi) is 5.59. The number of carbonyl (C=O) groups is 1. The topological polar surface area (TPSA) is 126 Å². The molecule has 4 N–H and O–H groups in total. The van der Waals surface area contributed by atoms with Crippen molar-refractivity contribution in [3.63, 3.8) is 0 Å². The number of rotatable bonds is 7. The number of nitrogens with zero attached hydrogens (tertiary/aromatic N) is 1. The molecule has 3 rings (SSSR count). The molecule has 0 radical (unpaired) electrons. The van der Waals surface area contributed by atoms with Crippen LogP contribution in [0.15, 0.2) is 46.9 Å². The molecule has 2 heterocycles. The van der Waals surface area contributed by atoms with Gasteiger partial charge < -0.3 is 16.2 Å². The molecular weight excluding hydrogens is 422 g/mol. The quantitative estimate of drug-likeness (QED) is 0.487. The normalized spacial score (nSPS) is 12.4. The van der Waals surface area contributed by atoms with Gasteiger partial charge in [-0.05, 0) is 42.3 Å². The van der Waals surface area contributed by atoms with E-state index >= 15 is 0 Å². The summed E-state index contributed by atoms with van der Waals surface area (Å²) in [5.41, 5.74) is 6.89. The van der Waals surface area contributed by atoms with E-state index in [4.69, 9.17) is 27.9 Å². The second kappa shape index (κ2) is 7.78. The van der Waals surface area contributed by atoms with Crippen LogP contribution in [0.2, 0.25) is 5.02 Å². The molecule has 0 saturated heterocycles. The molecule has 0 aliphatic carbocycles. The van der Waals surface area contributed by atoms with Crippen molar-refractivity contribution in [2.24, 2.45) is 5.73 Å². The molecular formula is C18H16ClN3O4S2. The number of allylic oxidation sites excluding steroid dienone is 1. The fourth-order valence-corrected chi connectivity index (χ4v) is 5.75. The molecule has 0 aliphatic rings. The minimum absolute atomic E-state index is 0.0836. The van der Waals surface area contributed by atoms with Crippen LogP contribution in [0.3, 0.4) is 0 Å². The molecule has 1 aromatic carbocycles.